The predicted octanol–water partition coefficient (Wildman–Crippen LogP) is 3.27. The van der Waals surface area contributed by atoms with Crippen LogP contribution in [0.1, 0.15) is 34.6 Å². The van der Waals surface area contributed by atoms with Crippen molar-refractivity contribution in [1.29, 1.82) is 0 Å². The highest BCUT2D eigenvalue weighted by atomic mass is 16.5. The lowest BCUT2D eigenvalue weighted by molar-refractivity contribution is 0.0634. The average Bonchev–Trinajstić information content (AvgIpc) is 2.95. The molecule has 1 aliphatic heterocycles. The summed E-state index contributed by atoms with van der Waals surface area (Å²) in [6.07, 6.45) is 2.21. The quantitative estimate of drug-likeness (QED) is 0.845. The first-order valence-corrected chi connectivity index (χ1v) is 9.21. The van der Waals surface area contributed by atoms with Crippen LogP contribution in [0.3, 0.4) is 0 Å². The molecule has 1 amide bonds. The van der Waals surface area contributed by atoms with Gasteiger partial charge in [0.05, 0.1) is 12.7 Å². The first kappa shape index (κ1) is 18.5. The van der Waals surface area contributed by atoms with E-state index in [9.17, 15) is 4.79 Å². The summed E-state index contributed by atoms with van der Waals surface area (Å²) in [5.41, 5.74) is 3.85. The number of ether oxygens (including phenoxy) is 1. The lowest BCUT2D eigenvalue weighted by Crippen LogP contribution is -2.47. The molecule has 5 heteroatoms. The number of amides is 1. The minimum absolute atomic E-state index is 0.138. The van der Waals surface area contributed by atoms with Gasteiger partial charge in [-0.1, -0.05) is 6.07 Å². The SMILES string of the molecule is COc1cccc(-n2c(C)cc(C(=O)N3CCCC(N(C)C)C3)c2C)c1. The van der Waals surface area contributed by atoms with E-state index in [0.717, 1.165) is 54.3 Å². The molecule has 1 atom stereocenters. The normalized spacial score (nSPS) is 17.6. The van der Waals surface area contributed by atoms with E-state index in [1.807, 2.05) is 49.1 Å². The summed E-state index contributed by atoms with van der Waals surface area (Å²) in [7, 11) is 5.85. The van der Waals surface area contributed by atoms with Gasteiger partial charge in [-0.25, -0.2) is 0 Å². The Balaban J connectivity index is 1.91. The van der Waals surface area contributed by atoms with Crippen LogP contribution < -0.4 is 4.74 Å². The summed E-state index contributed by atoms with van der Waals surface area (Å²) in [6, 6.07) is 10.4. The standard InChI is InChI=1S/C21H29N3O2/c1-15-12-20(21(25)23-11-7-9-18(14-23)22(3)4)16(2)24(15)17-8-6-10-19(13-17)26-5/h6,8,10,12-13,18H,7,9,11,14H2,1-5H3. The molecule has 5 nitrogen and oxygen atoms in total. The number of likely N-dealkylation sites (N-methyl/N-ethyl adjacent to an activating group) is 1. The summed E-state index contributed by atoms with van der Waals surface area (Å²) in [6.45, 7) is 5.70. The Kier molecular flexibility index (Phi) is 5.37. The van der Waals surface area contributed by atoms with Crippen molar-refractivity contribution in [3.8, 4) is 11.4 Å². The van der Waals surface area contributed by atoms with Crippen LogP contribution in [0.5, 0.6) is 5.75 Å². The molecule has 0 N–H and O–H groups in total. The maximum atomic E-state index is 13.2. The maximum Gasteiger partial charge on any atom is 0.255 e. The Morgan fingerprint density at radius 2 is 2.00 bits per heavy atom. The van der Waals surface area contributed by atoms with Crippen molar-refractivity contribution in [3.63, 3.8) is 0 Å². The van der Waals surface area contributed by atoms with Crippen LogP contribution in [-0.2, 0) is 0 Å². The van der Waals surface area contributed by atoms with E-state index >= 15 is 0 Å². The molecule has 1 aromatic carbocycles. The Hall–Kier alpha value is -2.27. The lowest BCUT2D eigenvalue weighted by atomic mass is 10.0. The van der Waals surface area contributed by atoms with Crippen molar-refractivity contribution in [3.05, 3.63) is 47.3 Å². The second-order valence-corrected chi connectivity index (χ2v) is 7.33. The second-order valence-electron chi connectivity index (χ2n) is 7.33. The number of aromatic nitrogens is 1. The van der Waals surface area contributed by atoms with Crippen LogP contribution in [0.4, 0.5) is 0 Å². The van der Waals surface area contributed by atoms with Crippen molar-refractivity contribution in [1.82, 2.24) is 14.4 Å². The van der Waals surface area contributed by atoms with Gasteiger partial charge in [0, 0.05) is 42.3 Å². The van der Waals surface area contributed by atoms with E-state index in [1.54, 1.807) is 7.11 Å². The van der Waals surface area contributed by atoms with Gasteiger partial charge in [0.1, 0.15) is 5.75 Å². The number of aryl methyl sites for hydroxylation is 1. The molecule has 2 aromatic rings. The molecule has 1 aliphatic rings. The molecule has 2 heterocycles. The molecule has 1 fully saturated rings. The molecule has 0 spiro atoms. The number of piperidine rings is 1. The van der Waals surface area contributed by atoms with E-state index in [-0.39, 0.29) is 5.91 Å². The molecule has 0 bridgehead atoms. The van der Waals surface area contributed by atoms with Gasteiger partial charge in [-0.3, -0.25) is 4.79 Å². The largest absolute Gasteiger partial charge is 0.497 e. The summed E-state index contributed by atoms with van der Waals surface area (Å²) >= 11 is 0. The van der Waals surface area contributed by atoms with E-state index in [4.69, 9.17) is 4.74 Å². The van der Waals surface area contributed by atoms with Crippen LogP contribution in [0, 0.1) is 13.8 Å². The monoisotopic (exact) mass is 355 g/mol. The van der Waals surface area contributed by atoms with E-state index in [1.165, 1.54) is 0 Å². The number of rotatable bonds is 4. The zero-order valence-electron chi connectivity index (χ0n) is 16.5. The van der Waals surface area contributed by atoms with Crippen LogP contribution in [-0.4, -0.2) is 60.6 Å². The van der Waals surface area contributed by atoms with Crippen molar-refractivity contribution in [2.45, 2.75) is 32.7 Å². The van der Waals surface area contributed by atoms with Crippen molar-refractivity contribution >= 4 is 5.91 Å². The van der Waals surface area contributed by atoms with E-state index < -0.39 is 0 Å². The number of nitrogens with zero attached hydrogens (tertiary/aromatic N) is 3. The molecule has 3 rings (SSSR count). The summed E-state index contributed by atoms with van der Waals surface area (Å²) in [4.78, 5) is 17.4. The van der Waals surface area contributed by atoms with Crippen LogP contribution in [0.2, 0.25) is 0 Å². The van der Waals surface area contributed by atoms with Gasteiger partial charge in [0.15, 0.2) is 0 Å². The molecule has 0 saturated carbocycles. The summed E-state index contributed by atoms with van der Waals surface area (Å²) in [5, 5.41) is 0. The van der Waals surface area contributed by atoms with Crippen LogP contribution >= 0.6 is 0 Å². The van der Waals surface area contributed by atoms with Gasteiger partial charge in [-0.05, 0) is 59.0 Å². The van der Waals surface area contributed by atoms with Gasteiger partial charge >= 0.3 is 0 Å². The van der Waals surface area contributed by atoms with E-state index in [0.29, 0.717) is 6.04 Å². The first-order valence-electron chi connectivity index (χ1n) is 9.21. The third kappa shape index (κ3) is 3.49. The van der Waals surface area contributed by atoms with Gasteiger partial charge < -0.3 is 19.1 Å². The molecule has 1 aromatic heterocycles. The maximum absolute atomic E-state index is 13.2. The fraction of sp³-hybridized carbons (Fsp3) is 0.476. The minimum atomic E-state index is 0.138. The number of hydrogen-bond donors (Lipinski definition) is 0. The Morgan fingerprint density at radius 1 is 1.23 bits per heavy atom. The smallest absolute Gasteiger partial charge is 0.255 e. The lowest BCUT2D eigenvalue weighted by Gasteiger charge is -2.36. The fourth-order valence-corrected chi connectivity index (χ4v) is 3.86. The number of carbonyl (C=O) groups is 1. The summed E-state index contributed by atoms with van der Waals surface area (Å²) < 4.78 is 7.47. The average molecular weight is 355 g/mol. The van der Waals surface area contributed by atoms with Gasteiger partial charge in [0.25, 0.3) is 5.91 Å². The molecular weight excluding hydrogens is 326 g/mol. The second kappa shape index (κ2) is 7.54. The van der Waals surface area contributed by atoms with Crippen molar-refractivity contribution in [2.24, 2.45) is 0 Å². The van der Waals surface area contributed by atoms with Gasteiger partial charge in [0.2, 0.25) is 0 Å². The number of methoxy groups -OCH3 is 1. The Labute approximate surface area is 156 Å². The highest BCUT2D eigenvalue weighted by Crippen LogP contribution is 2.25. The molecule has 140 valence electrons. The number of hydrogen-bond acceptors (Lipinski definition) is 3. The topological polar surface area (TPSA) is 37.7 Å². The third-order valence-corrected chi connectivity index (χ3v) is 5.39. The van der Waals surface area contributed by atoms with Gasteiger partial charge in [-0.15, -0.1) is 0 Å². The number of carbonyl (C=O) groups excluding carboxylic acids is 1. The first-order chi connectivity index (χ1) is 12.4. The van der Waals surface area contributed by atoms with E-state index in [2.05, 4.69) is 23.6 Å². The molecular formula is C21H29N3O2. The molecule has 26 heavy (non-hydrogen) atoms. The van der Waals surface area contributed by atoms with Crippen molar-refractivity contribution in [2.75, 3.05) is 34.3 Å². The van der Waals surface area contributed by atoms with Crippen LogP contribution in [0.25, 0.3) is 5.69 Å². The highest BCUT2D eigenvalue weighted by Gasteiger charge is 2.28. The molecule has 0 aliphatic carbocycles. The minimum Gasteiger partial charge on any atom is -0.497 e. The van der Waals surface area contributed by atoms with Gasteiger partial charge in [-0.2, -0.15) is 0 Å². The summed E-state index contributed by atoms with van der Waals surface area (Å²) in [5.74, 6) is 0.950. The van der Waals surface area contributed by atoms with Crippen molar-refractivity contribution < 1.29 is 9.53 Å². The predicted molar refractivity (Wildman–Crippen MR) is 104 cm³/mol. The Bertz CT molecular complexity index is 795. The molecule has 0 radical (unpaired) electrons. The zero-order valence-corrected chi connectivity index (χ0v) is 16.5. The highest BCUT2D eigenvalue weighted by molar-refractivity contribution is 5.96. The molecule has 1 saturated heterocycles. The number of benzene rings is 1. The zero-order chi connectivity index (χ0) is 18.8. The third-order valence-electron chi connectivity index (χ3n) is 5.39. The molecule has 1 unspecified atom stereocenters. The number of likely N-dealkylation sites (tertiary alicyclic amines) is 1. The fourth-order valence-electron chi connectivity index (χ4n) is 3.86. The van der Waals surface area contributed by atoms with Crippen LogP contribution in [0.15, 0.2) is 30.3 Å². The Morgan fingerprint density at radius 3 is 2.69 bits per heavy atom.